The van der Waals surface area contributed by atoms with Crippen molar-refractivity contribution < 1.29 is 13.9 Å². The maximum absolute atomic E-state index is 12.7. The van der Waals surface area contributed by atoms with Crippen LogP contribution >= 0.6 is 11.3 Å². The minimum Gasteiger partial charge on any atom is -0.490 e. The quantitative estimate of drug-likeness (QED) is 0.656. The van der Waals surface area contributed by atoms with Crippen molar-refractivity contribution in [2.75, 3.05) is 6.61 Å². The topological polar surface area (TPSA) is 51.5 Å². The summed E-state index contributed by atoms with van der Waals surface area (Å²) in [5, 5.41) is 6.06. The average molecular weight is 355 g/mol. The van der Waals surface area contributed by atoms with Gasteiger partial charge in [-0.25, -0.2) is 0 Å². The molecular weight excluding hydrogens is 334 g/mol. The van der Waals surface area contributed by atoms with Crippen LogP contribution in [0.2, 0.25) is 0 Å². The first-order chi connectivity index (χ1) is 12.2. The number of amides is 1. The molecule has 2 aromatic heterocycles. The molecule has 5 heteroatoms. The van der Waals surface area contributed by atoms with Crippen LogP contribution in [0.25, 0.3) is 11.0 Å². The van der Waals surface area contributed by atoms with Crippen molar-refractivity contribution in [2.45, 2.75) is 38.6 Å². The molecule has 3 aromatic rings. The highest BCUT2D eigenvalue weighted by Gasteiger charge is 2.29. The molecule has 0 saturated heterocycles. The van der Waals surface area contributed by atoms with E-state index in [4.69, 9.17) is 9.15 Å². The zero-order valence-electron chi connectivity index (χ0n) is 14.4. The molecule has 2 heterocycles. The van der Waals surface area contributed by atoms with E-state index in [-0.39, 0.29) is 11.9 Å². The summed E-state index contributed by atoms with van der Waals surface area (Å²) in [6.07, 6.45) is 2.38. The van der Waals surface area contributed by atoms with Crippen molar-refractivity contribution >= 4 is 28.2 Å². The van der Waals surface area contributed by atoms with Crippen molar-refractivity contribution in [1.29, 1.82) is 0 Å². The summed E-state index contributed by atoms with van der Waals surface area (Å²) < 4.78 is 11.6. The molecule has 1 aliphatic rings. The number of hydrogen-bond donors (Lipinski definition) is 1. The number of benzene rings is 1. The van der Waals surface area contributed by atoms with Gasteiger partial charge in [0.05, 0.1) is 17.5 Å². The normalized spacial score (nSPS) is 15.3. The summed E-state index contributed by atoms with van der Waals surface area (Å²) in [4.78, 5) is 13.5. The van der Waals surface area contributed by atoms with Gasteiger partial charge in [0.15, 0.2) is 11.3 Å². The van der Waals surface area contributed by atoms with Gasteiger partial charge < -0.3 is 14.5 Å². The van der Waals surface area contributed by atoms with E-state index in [0.29, 0.717) is 12.5 Å². The van der Waals surface area contributed by atoms with Crippen LogP contribution in [0, 0.1) is 0 Å². The van der Waals surface area contributed by atoms with E-state index in [9.17, 15) is 4.79 Å². The molecule has 130 valence electrons. The number of para-hydroxylation sites is 1. The highest BCUT2D eigenvalue weighted by atomic mass is 32.1. The Balaban J connectivity index is 1.55. The van der Waals surface area contributed by atoms with Crippen LogP contribution in [0.1, 0.15) is 59.6 Å². The fourth-order valence-electron chi connectivity index (χ4n) is 3.09. The Hall–Kier alpha value is -2.27. The van der Waals surface area contributed by atoms with Crippen LogP contribution < -0.4 is 10.1 Å². The van der Waals surface area contributed by atoms with Crippen molar-refractivity contribution in [3.05, 3.63) is 51.9 Å². The van der Waals surface area contributed by atoms with Crippen LogP contribution in [-0.4, -0.2) is 12.5 Å². The Labute approximate surface area is 150 Å². The Bertz CT molecular complexity index is 907. The standard InChI is InChI=1S/C20H21NO3S/c1-3-23-16-6-4-5-14-11-17(24-18(14)16)12(2)21-20(22)19-15(9-10-25-19)13-7-8-13/h4-6,9-13H,3,7-8H2,1-2H3,(H,21,22). The molecule has 1 fully saturated rings. The molecule has 0 radical (unpaired) electrons. The molecular formula is C20H21NO3S. The van der Waals surface area contributed by atoms with Crippen molar-refractivity contribution in [1.82, 2.24) is 5.32 Å². The largest absolute Gasteiger partial charge is 0.490 e. The predicted molar refractivity (Wildman–Crippen MR) is 99.6 cm³/mol. The summed E-state index contributed by atoms with van der Waals surface area (Å²) in [6, 6.07) is 9.68. The Kier molecular flexibility index (Phi) is 4.25. The van der Waals surface area contributed by atoms with Gasteiger partial charge in [0, 0.05) is 5.39 Å². The second-order valence-electron chi connectivity index (χ2n) is 6.43. The number of thiophene rings is 1. The molecule has 1 aromatic carbocycles. The van der Waals surface area contributed by atoms with Gasteiger partial charge in [-0.05, 0) is 61.7 Å². The summed E-state index contributed by atoms with van der Waals surface area (Å²) >= 11 is 1.51. The van der Waals surface area contributed by atoms with Crippen LogP contribution in [-0.2, 0) is 0 Å². The second kappa shape index (κ2) is 6.56. The third-order valence-electron chi connectivity index (χ3n) is 4.52. The number of carbonyl (C=O) groups excluding carboxylic acids is 1. The molecule has 1 amide bonds. The second-order valence-corrected chi connectivity index (χ2v) is 7.35. The van der Waals surface area contributed by atoms with Gasteiger partial charge in [-0.15, -0.1) is 11.3 Å². The van der Waals surface area contributed by atoms with Crippen molar-refractivity contribution in [2.24, 2.45) is 0 Å². The van der Waals surface area contributed by atoms with Gasteiger partial charge >= 0.3 is 0 Å². The van der Waals surface area contributed by atoms with Crippen LogP contribution in [0.4, 0.5) is 0 Å². The molecule has 1 atom stereocenters. The van der Waals surface area contributed by atoms with Crippen LogP contribution in [0.3, 0.4) is 0 Å². The van der Waals surface area contributed by atoms with Gasteiger partial charge in [-0.1, -0.05) is 12.1 Å². The third-order valence-corrected chi connectivity index (χ3v) is 5.45. The highest BCUT2D eigenvalue weighted by Crippen LogP contribution is 2.43. The fourth-order valence-corrected chi connectivity index (χ4v) is 3.98. The maximum atomic E-state index is 12.7. The summed E-state index contributed by atoms with van der Waals surface area (Å²) in [7, 11) is 0. The van der Waals surface area contributed by atoms with Gasteiger partial charge in [-0.2, -0.15) is 0 Å². The number of furan rings is 1. The monoisotopic (exact) mass is 355 g/mol. The molecule has 25 heavy (non-hydrogen) atoms. The molecule has 0 aliphatic heterocycles. The Morgan fingerprint density at radius 2 is 2.24 bits per heavy atom. The van der Waals surface area contributed by atoms with E-state index in [1.165, 1.54) is 29.7 Å². The van der Waals surface area contributed by atoms with E-state index in [2.05, 4.69) is 11.4 Å². The Morgan fingerprint density at radius 3 is 3.00 bits per heavy atom. The van der Waals surface area contributed by atoms with Gasteiger partial charge in [0.1, 0.15) is 5.76 Å². The van der Waals surface area contributed by atoms with Crippen LogP contribution in [0.15, 0.2) is 40.1 Å². The molecule has 0 spiro atoms. The van der Waals surface area contributed by atoms with Gasteiger partial charge in [0.2, 0.25) is 0 Å². The summed E-state index contributed by atoms with van der Waals surface area (Å²) in [5.74, 6) is 2.02. The number of carbonyl (C=O) groups is 1. The molecule has 1 aliphatic carbocycles. The SMILES string of the molecule is CCOc1cccc2cc(C(C)NC(=O)c3sccc3C3CC3)oc12. The lowest BCUT2D eigenvalue weighted by Crippen LogP contribution is -2.26. The summed E-state index contributed by atoms with van der Waals surface area (Å²) in [6.45, 7) is 4.48. The van der Waals surface area contributed by atoms with E-state index in [0.717, 1.165) is 27.4 Å². The predicted octanol–water partition coefficient (Wildman–Crippen LogP) is 5.26. The third kappa shape index (κ3) is 3.16. The molecule has 0 bridgehead atoms. The van der Waals surface area contributed by atoms with Crippen molar-refractivity contribution in [3.63, 3.8) is 0 Å². The molecule has 1 unspecified atom stereocenters. The molecule has 1 N–H and O–H groups in total. The number of nitrogens with one attached hydrogen (secondary N) is 1. The first-order valence-corrected chi connectivity index (χ1v) is 9.59. The number of rotatable bonds is 6. The highest BCUT2D eigenvalue weighted by molar-refractivity contribution is 7.12. The molecule has 4 rings (SSSR count). The van der Waals surface area contributed by atoms with E-state index in [1.807, 2.05) is 43.5 Å². The number of fused-ring (bicyclic) bond motifs is 1. The van der Waals surface area contributed by atoms with E-state index < -0.39 is 0 Å². The summed E-state index contributed by atoms with van der Waals surface area (Å²) in [5.41, 5.74) is 1.92. The smallest absolute Gasteiger partial charge is 0.262 e. The molecule has 4 nitrogen and oxygen atoms in total. The van der Waals surface area contributed by atoms with E-state index >= 15 is 0 Å². The fraction of sp³-hybridized carbons (Fsp3) is 0.350. The van der Waals surface area contributed by atoms with Crippen LogP contribution in [0.5, 0.6) is 5.75 Å². The van der Waals surface area contributed by atoms with Gasteiger partial charge in [-0.3, -0.25) is 4.79 Å². The van der Waals surface area contributed by atoms with E-state index in [1.54, 1.807) is 0 Å². The lowest BCUT2D eigenvalue weighted by atomic mass is 10.1. The lowest BCUT2D eigenvalue weighted by Gasteiger charge is -2.11. The lowest BCUT2D eigenvalue weighted by molar-refractivity contribution is 0.0939. The van der Waals surface area contributed by atoms with Gasteiger partial charge in [0.25, 0.3) is 5.91 Å². The minimum absolute atomic E-state index is 0.0186. The first kappa shape index (κ1) is 16.2. The molecule has 1 saturated carbocycles. The first-order valence-electron chi connectivity index (χ1n) is 8.71. The number of hydrogen-bond acceptors (Lipinski definition) is 4. The minimum atomic E-state index is -0.205. The average Bonchev–Trinajstić information content (AvgIpc) is 3.16. The number of ether oxygens (including phenoxy) is 1. The van der Waals surface area contributed by atoms with Crippen molar-refractivity contribution in [3.8, 4) is 5.75 Å². The Morgan fingerprint density at radius 1 is 1.40 bits per heavy atom. The maximum Gasteiger partial charge on any atom is 0.262 e. The zero-order valence-corrected chi connectivity index (χ0v) is 15.2. The zero-order chi connectivity index (χ0) is 17.4.